The number of piperidine rings is 2. The molecular formula is C35H35N9O4. The number of carbonyl (C=O) groups is 4. The molecule has 0 spiro atoms. The molecule has 1 unspecified atom stereocenters. The van der Waals surface area contributed by atoms with Crippen LogP contribution in [0.15, 0.2) is 72.0 Å². The Kier molecular flexibility index (Phi) is 7.47. The zero-order valence-electron chi connectivity index (χ0n) is 26.5. The number of benzene rings is 2. The fourth-order valence-electron chi connectivity index (χ4n) is 7.44. The molecule has 2 aromatic carbocycles. The number of hydrazone groups is 1. The molecule has 3 fully saturated rings. The lowest BCUT2D eigenvalue weighted by molar-refractivity contribution is -0.136. The number of para-hydroxylation sites is 2. The number of rotatable bonds is 7. The van der Waals surface area contributed by atoms with Gasteiger partial charge in [-0.15, -0.1) is 0 Å². The topological polar surface area (TPSA) is 145 Å². The van der Waals surface area contributed by atoms with E-state index < -0.39 is 23.8 Å². The number of likely N-dealkylation sites (tertiary alicyclic amines) is 1. The largest absolute Gasteiger partial charge is 0.371 e. The van der Waals surface area contributed by atoms with Crippen LogP contribution in [-0.2, 0) is 9.59 Å². The van der Waals surface area contributed by atoms with E-state index in [1.165, 1.54) is 0 Å². The molecule has 2 aromatic heterocycles. The Hall–Kier alpha value is -5.43. The number of fused-ring (bicyclic) bond motifs is 2. The maximum absolute atomic E-state index is 13.6. The maximum Gasteiger partial charge on any atom is 0.264 e. The monoisotopic (exact) mass is 645 g/mol. The average molecular weight is 646 g/mol. The minimum Gasteiger partial charge on any atom is -0.371 e. The van der Waals surface area contributed by atoms with E-state index in [9.17, 15) is 19.2 Å². The Balaban J connectivity index is 0.938. The molecule has 1 atom stereocenters. The van der Waals surface area contributed by atoms with Crippen LogP contribution in [0, 0.1) is 0 Å². The molecule has 0 saturated carbocycles. The van der Waals surface area contributed by atoms with Crippen LogP contribution in [0.3, 0.4) is 0 Å². The van der Waals surface area contributed by atoms with Crippen LogP contribution in [0.1, 0.15) is 65.1 Å². The quantitative estimate of drug-likeness (QED) is 0.176. The predicted octanol–water partition coefficient (Wildman–Crippen LogP) is 3.19. The summed E-state index contributed by atoms with van der Waals surface area (Å²) in [4.78, 5) is 66.1. The van der Waals surface area contributed by atoms with Gasteiger partial charge in [-0.05, 0) is 62.6 Å². The molecule has 4 amide bonds. The summed E-state index contributed by atoms with van der Waals surface area (Å²) in [5, 5.41) is 6.86. The third-order valence-electron chi connectivity index (χ3n) is 9.98. The molecule has 13 nitrogen and oxygen atoms in total. The van der Waals surface area contributed by atoms with Crippen molar-refractivity contribution in [2.45, 2.75) is 50.7 Å². The Morgan fingerprint density at radius 3 is 2.46 bits per heavy atom. The number of nitrogens with one attached hydrogen (secondary N) is 2. The summed E-state index contributed by atoms with van der Waals surface area (Å²) in [7, 11) is 0. The maximum atomic E-state index is 13.6. The highest BCUT2D eigenvalue weighted by Gasteiger charge is 2.46. The van der Waals surface area contributed by atoms with Gasteiger partial charge >= 0.3 is 0 Å². The van der Waals surface area contributed by atoms with Crippen molar-refractivity contribution in [2.75, 3.05) is 36.5 Å². The van der Waals surface area contributed by atoms with Gasteiger partial charge in [0.25, 0.3) is 11.8 Å². The molecule has 48 heavy (non-hydrogen) atoms. The normalized spacial score (nSPS) is 21.1. The van der Waals surface area contributed by atoms with Gasteiger partial charge in [-0.1, -0.05) is 24.3 Å². The number of imide groups is 2. The van der Waals surface area contributed by atoms with Crippen molar-refractivity contribution in [3.63, 3.8) is 0 Å². The number of nitrogens with zero attached hydrogens (tertiary/aromatic N) is 7. The van der Waals surface area contributed by atoms with Gasteiger partial charge in [0, 0.05) is 44.8 Å². The smallest absolute Gasteiger partial charge is 0.264 e. The Morgan fingerprint density at radius 1 is 0.896 bits per heavy atom. The number of pyridine rings is 1. The van der Waals surface area contributed by atoms with Crippen molar-refractivity contribution in [2.24, 2.45) is 5.10 Å². The zero-order valence-corrected chi connectivity index (χ0v) is 26.5. The van der Waals surface area contributed by atoms with E-state index >= 15 is 0 Å². The second kappa shape index (κ2) is 12.0. The molecule has 6 heterocycles. The minimum atomic E-state index is -0.979. The Labute approximate surface area is 276 Å². The van der Waals surface area contributed by atoms with Gasteiger partial charge < -0.3 is 9.47 Å². The van der Waals surface area contributed by atoms with Crippen LogP contribution in [0.4, 0.5) is 11.6 Å². The second-order valence-electron chi connectivity index (χ2n) is 12.8. The van der Waals surface area contributed by atoms with Crippen LogP contribution in [0.2, 0.25) is 0 Å². The SMILES string of the molecule is C/C(=N\Nc1nc2ccccc2n1C1CN(C2CCN(c3cccc4c3C(=O)N(C3CCC(=O)NC3=O)C4=O)CC2)C1)c1ccccn1. The molecule has 2 N–H and O–H groups in total. The number of carbonyl (C=O) groups excluding carboxylic acids is 4. The summed E-state index contributed by atoms with van der Waals surface area (Å²) >= 11 is 0. The second-order valence-corrected chi connectivity index (χ2v) is 12.8. The van der Waals surface area contributed by atoms with Gasteiger partial charge in [-0.3, -0.25) is 39.3 Å². The lowest BCUT2D eigenvalue weighted by Crippen LogP contribution is -2.55. The standard InChI is InChI=1S/C35H35N9O4/c1-21(25-8-4-5-16-36-25)39-40-35-37-26-9-2-3-10-27(26)43(35)23-19-42(20-23)22-14-17-41(18-15-22)28-11-6-7-24-31(28)34(48)44(33(24)47)29-12-13-30(45)38-32(29)46/h2-11,16,22-23,29H,12-15,17-20H2,1H3,(H,37,40)(H,38,45,46)/b39-21+. The molecule has 4 aliphatic heterocycles. The molecule has 8 rings (SSSR count). The number of hydrogen-bond acceptors (Lipinski definition) is 10. The highest BCUT2D eigenvalue weighted by atomic mass is 16.2. The van der Waals surface area contributed by atoms with Crippen molar-refractivity contribution >= 4 is 52.0 Å². The summed E-state index contributed by atoms with van der Waals surface area (Å²) in [6.45, 7) is 5.18. The Bertz CT molecular complexity index is 1980. The zero-order chi connectivity index (χ0) is 32.9. The van der Waals surface area contributed by atoms with Gasteiger partial charge in [0.2, 0.25) is 17.8 Å². The third-order valence-corrected chi connectivity index (χ3v) is 9.98. The van der Waals surface area contributed by atoms with E-state index in [1.807, 2.05) is 49.4 Å². The van der Waals surface area contributed by atoms with Crippen LogP contribution < -0.4 is 15.6 Å². The summed E-state index contributed by atoms with van der Waals surface area (Å²) in [5.74, 6) is -1.23. The first-order chi connectivity index (χ1) is 23.4. The average Bonchev–Trinajstić information content (AvgIpc) is 3.57. The fraction of sp³-hybridized carbons (Fsp3) is 0.343. The summed E-state index contributed by atoms with van der Waals surface area (Å²) in [6, 6.07) is 18.8. The van der Waals surface area contributed by atoms with Gasteiger partial charge in [0.1, 0.15) is 6.04 Å². The van der Waals surface area contributed by atoms with Gasteiger partial charge in [0.05, 0.1) is 45.3 Å². The molecule has 3 saturated heterocycles. The molecule has 0 bridgehead atoms. The van der Waals surface area contributed by atoms with Crippen LogP contribution in [0.5, 0.6) is 0 Å². The highest BCUT2D eigenvalue weighted by Crippen LogP contribution is 2.37. The lowest BCUT2D eigenvalue weighted by atomic mass is 9.96. The summed E-state index contributed by atoms with van der Waals surface area (Å²) < 4.78 is 2.25. The van der Waals surface area contributed by atoms with Gasteiger partial charge in [-0.25, -0.2) is 10.4 Å². The molecule has 4 aromatic rings. The van der Waals surface area contributed by atoms with E-state index in [-0.39, 0.29) is 24.8 Å². The van der Waals surface area contributed by atoms with Crippen molar-refractivity contribution in [1.29, 1.82) is 0 Å². The van der Waals surface area contributed by atoms with E-state index in [1.54, 1.807) is 18.3 Å². The molecule has 0 radical (unpaired) electrons. The number of hydrogen-bond donors (Lipinski definition) is 2. The van der Waals surface area contributed by atoms with Crippen LogP contribution >= 0.6 is 0 Å². The molecule has 13 heteroatoms. The minimum absolute atomic E-state index is 0.0933. The number of imidazole rings is 1. The summed E-state index contributed by atoms with van der Waals surface area (Å²) in [5.41, 5.74) is 8.15. The predicted molar refractivity (Wildman–Crippen MR) is 179 cm³/mol. The lowest BCUT2D eigenvalue weighted by Gasteiger charge is -2.48. The molecular weight excluding hydrogens is 610 g/mol. The molecule has 4 aliphatic rings. The van der Waals surface area contributed by atoms with Gasteiger partial charge in [-0.2, -0.15) is 5.10 Å². The van der Waals surface area contributed by atoms with Crippen molar-refractivity contribution in [3.8, 4) is 0 Å². The molecule has 0 aliphatic carbocycles. The summed E-state index contributed by atoms with van der Waals surface area (Å²) in [6.07, 6.45) is 3.81. The van der Waals surface area contributed by atoms with Crippen molar-refractivity contribution in [1.82, 2.24) is 29.7 Å². The first kappa shape index (κ1) is 29.9. The van der Waals surface area contributed by atoms with E-state index in [0.29, 0.717) is 23.1 Å². The van der Waals surface area contributed by atoms with Crippen molar-refractivity contribution < 1.29 is 19.2 Å². The van der Waals surface area contributed by atoms with E-state index in [2.05, 4.69) is 41.3 Å². The van der Waals surface area contributed by atoms with E-state index in [4.69, 9.17) is 4.98 Å². The number of amides is 4. The van der Waals surface area contributed by atoms with Crippen LogP contribution in [0.25, 0.3) is 11.0 Å². The number of anilines is 2. The highest BCUT2D eigenvalue weighted by molar-refractivity contribution is 6.25. The third kappa shape index (κ3) is 5.10. The van der Waals surface area contributed by atoms with Crippen molar-refractivity contribution in [3.05, 3.63) is 83.7 Å². The first-order valence-corrected chi connectivity index (χ1v) is 16.4. The molecule has 244 valence electrons. The fourth-order valence-corrected chi connectivity index (χ4v) is 7.44. The van der Waals surface area contributed by atoms with Gasteiger partial charge in [0.15, 0.2) is 0 Å². The van der Waals surface area contributed by atoms with Crippen LogP contribution in [-0.4, -0.2) is 91.9 Å². The Morgan fingerprint density at radius 2 is 1.69 bits per heavy atom. The number of aromatic nitrogens is 3. The first-order valence-electron chi connectivity index (χ1n) is 16.4. The van der Waals surface area contributed by atoms with E-state index in [0.717, 1.165) is 72.0 Å².